The van der Waals surface area contributed by atoms with Crippen molar-refractivity contribution in [2.45, 2.75) is 32.7 Å². The molecule has 1 fully saturated rings. The van der Waals surface area contributed by atoms with Crippen molar-refractivity contribution in [1.82, 2.24) is 10.3 Å². The normalized spacial score (nSPS) is 16.8. The van der Waals surface area contributed by atoms with Gasteiger partial charge in [0, 0.05) is 23.6 Å². The lowest BCUT2D eigenvalue weighted by molar-refractivity contribution is -0.121. The van der Waals surface area contributed by atoms with Crippen molar-refractivity contribution in [3.63, 3.8) is 0 Å². The molecule has 4 rings (SSSR count). The highest BCUT2D eigenvalue weighted by Gasteiger charge is 2.40. The minimum Gasteiger partial charge on any atom is -0.492 e. The van der Waals surface area contributed by atoms with Gasteiger partial charge >= 0.3 is 0 Å². The molecule has 2 heterocycles. The molecule has 1 aliphatic heterocycles. The van der Waals surface area contributed by atoms with Gasteiger partial charge < -0.3 is 15.0 Å². The van der Waals surface area contributed by atoms with Gasteiger partial charge in [0.1, 0.15) is 5.75 Å². The predicted molar refractivity (Wildman–Crippen MR) is 113 cm³/mol. The Hall–Kier alpha value is -3.12. The fraction of sp³-hybridized carbons (Fsp3) is 0.304. The summed E-state index contributed by atoms with van der Waals surface area (Å²) in [7, 11) is 0. The van der Waals surface area contributed by atoms with Crippen LogP contribution in [0.4, 0.5) is 5.69 Å². The Balaban J connectivity index is 1.43. The maximum Gasteiger partial charge on any atom is 0.251 e. The number of hydrogen-bond acceptors (Lipinski definition) is 4. The van der Waals surface area contributed by atoms with Gasteiger partial charge in [-0.15, -0.1) is 0 Å². The summed E-state index contributed by atoms with van der Waals surface area (Å²) < 4.78 is 5.59. The second-order valence-corrected chi connectivity index (χ2v) is 7.29. The number of H-pyrrole nitrogens is 1. The standard InChI is InChI=1S/C23H25N3O3/c1-3-29-21-7-5-4-6-20(21)26-22(27)13-19(23(26)28)24-11-10-16-14-25-18-9-8-15(2)12-17(16)18/h4-9,12,14,19,24-25H,3,10-11,13H2,1-2H3. The summed E-state index contributed by atoms with van der Waals surface area (Å²) in [6, 6.07) is 13.0. The van der Waals surface area contributed by atoms with Gasteiger partial charge in [0.05, 0.1) is 24.8 Å². The first kappa shape index (κ1) is 19.2. The number of amides is 2. The number of carbonyl (C=O) groups is 2. The van der Waals surface area contributed by atoms with Crippen LogP contribution in [0.2, 0.25) is 0 Å². The third kappa shape index (κ3) is 3.76. The molecule has 2 amide bonds. The largest absolute Gasteiger partial charge is 0.492 e. The van der Waals surface area contributed by atoms with Crippen LogP contribution in [0, 0.1) is 6.92 Å². The van der Waals surface area contributed by atoms with E-state index in [0.717, 1.165) is 11.9 Å². The summed E-state index contributed by atoms with van der Waals surface area (Å²) >= 11 is 0. The molecule has 150 valence electrons. The zero-order valence-electron chi connectivity index (χ0n) is 16.7. The highest BCUT2D eigenvalue weighted by atomic mass is 16.5. The molecule has 6 nitrogen and oxygen atoms in total. The number of aryl methyl sites for hydroxylation is 1. The lowest BCUT2D eigenvalue weighted by Crippen LogP contribution is -2.39. The molecular formula is C23H25N3O3. The Labute approximate surface area is 169 Å². The highest BCUT2D eigenvalue weighted by molar-refractivity contribution is 6.23. The number of nitrogens with zero attached hydrogens (tertiary/aromatic N) is 1. The van der Waals surface area contributed by atoms with Crippen LogP contribution in [-0.2, 0) is 16.0 Å². The number of rotatable bonds is 7. The third-order valence-electron chi connectivity index (χ3n) is 5.26. The molecule has 2 aromatic carbocycles. The quantitative estimate of drug-likeness (QED) is 0.606. The first-order valence-electron chi connectivity index (χ1n) is 9.97. The lowest BCUT2D eigenvalue weighted by atomic mass is 10.1. The van der Waals surface area contributed by atoms with Crippen LogP contribution < -0.4 is 15.0 Å². The minimum absolute atomic E-state index is 0.159. The van der Waals surface area contributed by atoms with E-state index in [9.17, 15) is 9.59 Å². The first-order valence-corrected chi connectivity index (χ1v) is 9.97. The Morgan fingerprint density at radius 1 is 1.21 bits per heavy atom. The van der Waals surface area contributed by atoms with Gasteiger partial charge in [-0.3, -0.25) is 9.59 Å². The van der Waals surface area contributed by atoms with E-state index in [-0.39, 0.29) is 18.2 Å². The molecule has 29 heavy (non-hydrogen) atoms. The van der Waals surface area contributed by atoms with E-state index in [0.29, 0.717) is 24.6 Å². The Morgan fingerprint density at radius 3 is 2.86 bits per heavy atom. The maximum absolute atomic E-state index is 12.9. The average Bonchev–Trinajstić information content (AvgIpc) is 3.23. The van der Waals surface area contributed by atoms with Gasteiger partial charge in [0.25, 0.3) is 5.91 Å². The Bertz CT molecular complexity index is 1060. The lowest BCUT2D eigenvalue weighted by Gasteiger charge is -2.18. The number of anilines is 1. The van der Waals surface area contributed by atoms with E-state index in [1.807, 2.05) is 19.2 Å². The van der Waals surface area contributed by atoms with Crippen LogP contribution in [0.15, 0.2) is 48.7 Å². The molecule has 1 atom stereocenters. The van der Waals surface area contributed by atoms with Crippen LogP contribution >= 0.6 is 0 Å². The number of benzene rings is 2. The fourth-order valence-electron chi connectivity index (χ4n) is 3.84. The number of aromatic nitrogens is 1. The monoisotopic (exact) mass is 391 g/mol. The molecule has 0 spiro atoms. The molecule has 1 aromatic heterocycles. The van der Waals surface area contributed by atoms with E-state index in [4.69, 9.17) is 4.74 Å². The number of hydrogen-bond donors (Lipinski definition) is 2. The number of nitrogens with one attached hydrogen (secondary N) is 2. The van der Waals surface area contributed by atoms with Crippen LogP contribution in [0.5, 0.6) is 5.75 Å². The van der Waals surface area contributed by atoms with Crippen molar-refractivity contribution in [3.8, 4) is 5.75 Å². The van der Waals surface area contributed by atoms with Crippen LogP contribution in [0.1, 0.15) is 24.5 Å². The van der Waals surface area contributed by atoms with Gasteiger partial charge in [0.15, 0.2) is 0 Å². The summed E-state index contributed by atoms with van der Waals surface area (Å²) in [4.78, 5) is 30.0. The van der Waals surface area contributed by atoms with Gasteiger partial charge in [-0.1, -0.05) is 23.8 Å². The first-order chi connectivity index (χ1) is 14.1. The average molecular weight is 391 g/mol. The topological polar surface area (TPSA) is 74.4 Å². The maximum atomic E-state index is 12.9. The van der Waals surface area contributed by atoms with Crippen LogP contribution in [0.25, 0.3) is 10.9 Å². The summed E-state index contributed by atoms with van der Waals surface area (Å²) in [6.07, 6.45) is 2.95. The summed E-state index contributed by atoms with van der Waals surface area (Å²) in [5.41, 5.74) is 4.04. The number of fused-ring (bicyclic) bond motifs is 1. The van der Waals surface area contributed by atoms with E-state index in [1.165, 1.54) is 21.4 Å². The second kappa shape index (κ2) is 8.09. The molecule has 0 saturated carbocycles. The zero-order valence-corrected chi connectivity index (χ0v) is 16.7. The van der Waals surface area contributed by atoms with Gasteiger partial charge in [-0.2, -0.15) is 0 Å². The number of ether oxygens (including phenoxy) is 1. The van der Waals surface area contributed by atoms with E-state index in [1.54, 1.807) is 18.2 Å². The molecule has 0 aliphatic carbocycles. The predicted octanol–water partition coefficient (Wildman–Crippen LogP) is 3.34. The molecule has 6 heteroatoms. The molecule has 0 bridgehead atoms. The molecule has 1 saturated heterocycles. The number of carbonyl (C=O) groups excluding carboxylic acids is 2. The zero-order chi connectivity index (χ0) is 20.4. The van der Waals surface area contributed by atoms with Crippen LogP contribution in [-0.4, -0.2) is 36.0 Å². The van der Waals surface area contributed by atoms with E-state index in [2.05, 4.69) is 35.4 Å². The number of aromatic amines is 1. The molecule has 3 aromatic rings. The highest BCUT2D eigenvalue weighted by Crippen LogP contribution is 2.32. The van der Waals surface area contributed by atoms with E-state index < -0.39 is 6.04 Å². The summed E-state index contributed by atoms with van der Waals surface area (Å²) in [5, 5.41) is 4.47. The SMILES string of the molecule is CCOc1ccccc1N1C(=O)CC(NCCc2c[nH]c3ccc(C)cc23)C1=O. The molecular weight excluding hydrogens is 366 g/mol. The number of imide groups is 1. The van der Waals surface area contributed by atoms with Crippen molar-refractivity contribution in [2.75, 3.05) is 18.1 Å². The van der Waals surface area contributed by atoms with Crippen molar-refractivity contribution in [3.05, 3.63) is 59.8 Å². The second-order valence-electron chi connectivity index (χ2n) is 7.29. The summed E-state index contributed by atoms with van der Waals surface area (Å²) in [5.74, 6) is 0.116. The van der Waals surface area contributed by atoms with Crippen LogP contribution in [0.3, 0.4) is 0 Å². The smallest absolute Gasteiger partial charge is 0.251 e. The van der Waals surface area contributed by atoms with Crippen molar-refractivity contribution < 1.29 is 14.3 Å². The van der Waals surface area contributed by atoms with Crippen molar-refractivity contribution in [1.29, 1.82) is 0 Å². The summed E-state index contributed by atoms with van der Waals surface area (Å²) in [6.45, 7) is 5.04. The third-order valence-corrected chi connectivity index (χ3v) is 5.26. The van der Waals surface area contributed by atoms with Gasteiger partial charge in [0.2, 0.25) is 5.91 Å². The Kier molecular flexibility index (Phi) is 5.36. The van der Waals surface area contributed by atoms with E-state index >= 15 is 0 Å². The van der Waals surface area contributed by atoms with Gasteiger partial charge in [-0.25, -0.2) is 4.90 Å². The molecule has 1 unspecified atom stereocenters. The van der Waals surface area contributed by atoms with Gasteiger partial charge in [-0.05, 0) is 50.1 Å². The Morgan fingerprint density at radius 2 is 2.03 bits per heavy atom. The number of para-hydroxylation sites is 2. The molecule has 0 radical (unpaired) electrons. The van der Waals surface area contributed by atoms with Crippen molar-refractivity contribution >= 4 is 28.4 Å². The minimum atomic E-state index is -0.510. The van der Waals surface area contributed by atoms with Crippen molar-refractivity contribution in [2.24, 2.45) is 0 Å². The molecule has 2 N–H and O–H groups in total. The fourth-order valence-corrected chi connectivity index (χ4v) is 3.84. The molecule has 1 aliphatic rings.